The lowest BCUT2D eigenvalue weighted by atomic mass is 10.6. The molecule has 1 heterocycles. The number of nitriles is 1. The molecule has 0 fully saturated rings. The first-order valence-corrected chi connectivity index (χ1v) is 3.86. The van der Waals surface area contributed by atoms with Crippen LogP contribution in [-0.2, 0) is 0 Å². The Morgan fingerprint density at radius 1 is 1.70 bits per heavy atom. The summed E-state index contributed by atoms with van der Waals surface area (Å²) in [6.45, 7) is 0. The zero-order chi connectivity index (χ0) is 7.40. The van der Waals surface area contributed by atoms with E-state index in [2.05, 4.69) is 9.97 Å². The van der Waals surface area contributed by atoms with Crippen LogP contribution < -0.4 is 0 Å². The van der Waals surface area contributed by atoms with Crippen LogP contribution in [0.3, 0.4) is 0 Å². The molecule has 0 aliphatic heterocycles. The Morgan fingerprint density at radius 2 is 2.50 bits per heavy atom. The molecule has 1 aromatic heterocycles. The molecule has 0 aliphatic rings. The number of nitrogens with zero attached hydrogens (tertiary/aromatic N) is 3. The largest absolute Gasteiger partial charge is 0.233 e. The van der Waals surface area contributed by atoms with E-state index >= 15 is 0 Å². The molecule has 1 rings (SSSR count). The molecule has 0 radical (unpaired) electrons. The Bertz CT molecular complexity index is 266. The summed E-state index contributed by atoms with van der Waals surface area (Å²) in [5, 5.41) is 9.20. The van der Waals surface area contributed by atoms with E-state index in [-0.39, 0.29) is 5.82 Å². The monoisotopic (exact) mass is 151 g/mol. The van der Waals surface area contributed by atoms with E-state index in [1.165, 1.54) is 11.8 Å². The van der Waals surface area contributed by atoms with Crippen LogP contribution in [0.25, 0.3) is 0 Å². The van der Waals surface area contributed by atoms with Crippen LogP contribution in [0.1, 0.15) is 5.82 Å². The van der Waals surface area contributed by atoms with Gasteiger partial charge in [-0.3, -0.25) is 0 Å². The zero-order valence-electron chi connectivity index (χ0n) is 5.40. The fraction of sp³-hybridized carbons (Fsp3) is 0.167. The molecule has 0 bridgehead atoms. The fourth-order valence-electron chi connectivity index (χ4n) is 0.510. The van der Waals surface area contributed by atoms with E-state index in [9.17, 15) is 0 Å². The quantitative estimate of drug-likeness (QED) is 0.445. The highest BCUT2D eigenvalue weighted by atomic mass is 32.2. The Morgan fingerprint density at radius 3 is 3.10 bits per heavy atom. The highest BCUT2D eigenvalue weighted by Crippen LogP contribution is 2.08. The Hall–Kier alpha value is -1.08. The Kier molecular flexibility index (Phi) is 2.24. The summed E-state index contributed by atoms with van der Waals surface area (Å²) in [4.78, 5) is 7.62. The summed E-state index contributed by atoms with van der Waals surface area (Å²) in [5.41, 5.74) is 0. The van der Waals surface area contributed by atoms with Gasteiger partial charge in [-0.05, 0) is 12.3 Å². The molecule has 0 spiro atoms. The molecule has 0 saturated heterocycles. The highest BCUT2D eigenvalue weighted by Gasteiger charge is 1.93. The highest BCUT2D eigenvalue weighted by molar-refractivity contribution is 7.98. The third-order valence-electron chi connectivity index (χ3n) is 0.939. The summed E-state index contributed by atoms with van der Waals surface area (Å²) < 4.78 is 0. The Labute approximate surface area is 63.1 Å². The van der Waals surface area contributed by atoms with Gasteiger partial charge in [0.2, 0.25) is 5.82 Å². The predicted molar refractivity (Wildman–Crippen MR) is 38.5 cm³/mol. The lowest BCUT2D eigenvalue weighted by molar-refractivity contribution is 1.01. The average molecular weight is 151 g/mol. The van der Waals surface area contributed by atoms with Crippen LogP contribution in [0.15, 0.2) is 17.3 Å². The third kappa shape index (κ3) is 1.45. The molecule has 10 heavy (non-hydrogen) atoms. The maximum atomic E-state index is 8.37. The molecule has 0 aromatic carbocycles. The van der Waals surface area contributed by atoms with Crippen LogP contribution in [-0.4, -0.2) is 16.2 Å². The van der Waals surface area contributed by atoms with Crippen LogP contribution in [0.4, 0.5) is 0 Å². The lowest BCUT2D eigenvalue weighted by Gasteiger charge is -1.91. The van der Waals surface area contributed by atoms with Crippen LogP contribution in [0.5, 0.6) is 0 Å². The standard InChI is InChI=1S/C6H5N3S/c1-10-6-2-3-8-5(4-7)9-6/h2-3H,1H3. The van der Waals surface area contributed by atoms with E-state index in [0.717, 1.165) is 5.03 Å². The van der Waals surface area contributed by atoms with Gasteiger partial charge in [-0.2, -0.15) is 5.26 Å². The molecule has 3 nitrogen and oxygen atoms in total. The van der Waals surface area contributed by atoms with Gasteiger partial charge in [0.1, 0.15) is 11.1 Å². The smallest absolute Gasteiger partial charge is 0.227 e. The van der Waals surface area contributed by atoms with Crippen molar-refractivity contribution in [2.45, 2.75) is 5.03 Å². The second-order valence-electron chi connectivity index (χ2n) is 1.53. The van der Waals surface area contributed by atoms with Gasteiger partial charge in [-0.15, -0.1) is 11.8 Å². The zero-order valence-corrected chi connectivity index (χ0v) is 6.22. The van der Waals surface area contributed by atoms with Gasteiger partial charge in [0.15, 0.2) is 0 Å². The topological polar surface area (TPSA) is 49.6 Å². The molecule has 0 atom stereocenters. The van der Waals surface area contributed by atoms with Crippen molar-refractivity contribution in [3.05, 3.63) is 18.1 Å². The SMILES string of the molecule is CSc1ccnc(C#N)n1. The molecule has 0 amide bonds. The number of aromatic nitrogens is 2. The summed E-state index contributed by atoms with van der Waals surface area (Å²) >= 11 is 1.50. The van der Waals surface area contributed by atoms with Crippen molar-refractivity contribution in [1.29, 1.82) is 5.26 Å². The predicted octanol–water partition coefficient (Wildman–Crippen LogP) is 1.07. The third-order valence-corrected chi connectivity index (χ3v) is 1.58. The Balaban J connectivity index is 3.01. The fourth-order valence-corrected chi connectivity index (χ4v) is 0.884. The van der Waals surface area contributed by atoms with Gasteiger partial charge in [0, 0.05) is 6.20 Å². The molecule has 1 aromatic rings. The van der Waals surface area contributed by atoms with Gasteiger partial charge in [-0.25, -0.2) is 9.97 Å². The van der Waals surface area contributed by atoms with Crippen molar-refractivity contribution in [2.24, 2.45) is 0 Å². The van der Waals surface area contributed by atoms with Gasteiger partial charge in [0.25, 0.3) is 0 Å². The molecular weight excluding hydrogens is 146 g/mol. The van der Waals surface area contributed by atoms with E-state index in [4.69, 9.17) is 5.26 Å². The maximum absolute atomic E-state index is 8.37. The molecule has 0 unspecified atom stereocenters. The first-order valence-electron chi connectivity index (χ1n) is 2.64. The number of thioether (sulfide) groups is 1. The molecule has 4 heteroatoms. The second kappa shape index (κ2) is 3.18. The first-order chi connectivity index (χ1) is 4.86. The van der Waals surface area contributed by atoms with Crippen molar-refractivity contribution in [3.63, 3.8) is 0 Å². The summed E-state index contributed by atoms with van der Waals surface area (Å²) in [6, 6.07) is 3.64. The lowest BCUT2D eigenvalue weighted by Crippen LogP contribution is -1.87. The van der Waals surface area contributed by atoms with Crippen molar-refractivity contribution in [1.82, 2.24) is 9.97 Å². The van der Waals surface area contributed by atoms with Crippen molar-refractivity contribution in [3.8, 4) is 6.07 Å². The summed E-state index contributed by atoms with van der Waals surface area (Å²) in [7, 11) is 0. The van der Waals surface area contributed by atoms with Gasteiger partial charge >= 0.3 is 0 Å². The number of hydrogen-bond acceptors (Lipinski definition) is 4. The minimum absolute atomic E-state index is 0.229. The van der Waals surface area contributed by atoms with Crippen molar-refractivity contribution in [2.75, 3.05) is 6.26 Å². The van der Waals surface area contributed by atoms with E-state index in [0.29, 0.717) is 0 Å². The van der Waals surface area contributed by atoms with Gasteiger partial charge in [0.05, 0.1) is 0 Å². The summed E-state index contributed by atoms with van der Waals surface area (Å²) in [5.74, 6) is 0.229. The molecule has 0 N–H and O–H groups in total. The van der Waals surface area contributed by atoms with Crippen molar-refractivity contribution < 1.29 is 0 Å². The molecular formula is C6H5N3S. The molecule has 0 saturated carbocycles. The van der Waals surface area contributed by atoms with E-state index < -0.39 is 0 Å². The first kappa shape index (κ1) is 7.03. The van der Waals surface area contributed by atoms with Crippen molar-refractivity contribution >= 4 is 11.8 Å². The van der Waals surface area contributed by atoms with Gasteiger partial charge < -0.3 is 0 Å². The van der Waals surface area contributed by atoms with Crippen LogP contribution >= 0.6 is 11.8 Å². The minimum atomic E-state index is 0.229. The normalized spacial score (nSPS) is 8.80. The van der Waals surface area contributed by atoms with Crippen LogP contribution in [0.2, 0.25) is 0 Å². The summed E-state index contributed by atoms with van der Waals surface area (Å²) in [6.07, 6.45) is 3.49. The average Bonchev–Trinajstić information content (AvgIpc) is 2.05. The van der Waals surface area contributed by atoms with E-state index in [1.54, 1.807) is 12.3 Å². The van der Waals surface area contributed by atoms with E-state index in [1.807, 2.05) is 12.3 Å². The number of hydrogen-bond donors (Lipinski definition) is 0. The van der Waals surface area contributed by atoms with Gasteiger partial charge in [-0.1, -0.05) is 0 Å². The molecule has 50 valence electrons. The van der Waals surface area contributed by atoms with Crippen LogP contribution in [0, 0.1) is 11.3 Å². The maximum Gasteiger partial charge on any atom is 0.233 e. The number of rotatable bonds is 1. The minimum Gasteiger partial charge on any atom is -0.227 e. The molecule has 0 aliphatic carbocycles. The second-order valence-corrected chi connectivity index (χ2v) is 2.36.